The van der Waals surface area contributed by atoms with E-state index in [2.05, 4.69) is 5.16 Å². The topological polar surface area (TPSA) is 75.8 Å². The molecule has 0 aromatic carbocycles. The molecule has 2 fully saturated rings. The second kappa shape index (κ2) is 6.15. The van der Waals surface area contributed by atoms with Crippen molar-refractivity contribution in [3.05, 3.63) is 17.5 Å². The number of nitrogens with zero attached hydrogens (tertiary/aromatic N) is 2. The van der Waals surface area contributed by atoms with Crippen molar-refractivity contribution in [2.45, 2.75) is 64.6 Å². The van der Waals surface area contributed by atoms with E-state index in [9.17, 15) is 9.90 Å². The first-order chi connectivity index (χ1) is 11.3. The van der Waals surface area contributed by atoms with Crippen molar-refractivity contribution in [1.29, 1.82) is 0 Å². The van der Waals surface area contributed by atoms with Crippen LogP contribution in [0.2, 0.25) is 0 Å². The highest BCUT2D eigenvalue weighted by Crippen LogP contribution is 2.51. The number of aliphatic hydroxyl groups excluding tert-OH is 1. The van der Waals surface area contributed by atoms with Gasteiger partial charge in [0.15, 0.2) is 5.69 Å². The molecule has 1 N–H and O–H groups in total. The second-order valence-corrected chi connectivity index (χ2v) is 8.05. The van der Waals surface area contributed by atoms with Crippen LogP contribution in [0, 0.1) is 5.41 Å². The van der Waals surface area contributed by atoms with Gasteiger partial charge in [-0.05, 0) is 19.8 Å². The number of hydrogen-bond acceptors (Lipinski definition) is 5. The van der Waals surface area contributed by atoms with Gasteiger partial charge >= 0.3 is 0 Å². The van der Waals surface area contributed by atoms with E-state index in [0.29, 0.717) is 37.6 Å². The van der Waals surface area contributed by atoms with Gasteiger partial charge in [-0.3, -0.25) is 4.79 Å². The van der Waals surface area contributed by atoms with Crippen molar-refractivity contribution in [2.24, 2.45) is 5.41 Å². The van der Waals surface area contributed by atoms with Crippen LogP contribution < -0.4 is 0 Å². The van der Waals surface area contributed by atoms with Gasteiger partial charge in [-0.1, -0.05) is 25.9 Å². The molecule has 2 unspecified atom stereocenters. The summed E-state index contributed by atoms with van der Waals surface area (Å²) in [5, 5.41) is 14.2. The Morgan fingerprint density at radius 3 is 2.62 bits per heavy atom. The molecule has 1 aromatic heterocycles. The van der Waals surface area contributed by atoms with Gasteiger partial charge in [0.05, 0.1) is 12.2 Å². The van der Waals surface area contributed by atoms with Crippen LogP contribution in [0.25, 0.3) is 0 Å². The molecule has 1 aliphatic carbocycles. The number of carbonyl (C=O) groups is 1. The van der Waals surface area contributed by atoms with E-state index in [1.807, 2.05) is 32.6 Å². The Hall–Kier alpha value is -1.40. The third kappa shape index (κ3) is 2.86. The third-order valence-electron chi connectivity index (χ3n) is 5.56. The summed E-state index contributed by atoms with van der Waals surface area (Å²) in [5.74, 6) is 0.621. The highest BCUT2D eigenvalue weighted by molar-refractivity contribution is 5.92. The predicted octanol–water partition coefficient (Wildman–Crippen LogP) is 2.36. The van der Waals surface area contributed by atoms with E-state index in [-0.39, 0.29) is 28.9 Å². The van der Waals surface area contributed by atoms with Crippen LogP contribution in [0.15, 0.2) is 10.6 Å². The molecule has 1 amide bonds. The lowest BCUT2D eigenvalue weighted by atomic mass is 9.58. The lowest BCUT2D eigenvalue weighted by Crippen LogP contribution is -2.62. The Bertz CT molecular complexity index is 594. The molecule has 1 aliphatic heterocycles. The van der Waals surface area contributed by atoms with Gasteiger partial charge in [-0.15, -0.1) is 0 Å². The molecular formula is C18H28N2O4. The average molecular weight is 336 g/mol. The van der Waals surface area contributed by atoms with Gasteiger partial charge in [-0.2, -0.15) is 0 Å². The van der Waals surface area contributed by atoms with Gasteiger partial charge in [0.25, 0.3) is 5.91 Å². The SMILES string of the molecule is CCOC1CC(O)C12CCN(C(=O)c1cc(C(C)(C)C)on1)CC2. The monoisotopic (exact) mass is 336 g/mol. The normalized spacial score (nSPS) is 26.5. The number of aliphatic hydroxyl groups is 1. The summed E-state index contributed by atoms with van der Waals surface area (Å²) < 4.78 is 11.1. The van der Waals surface area contributed by atoms with Crippen molar-refractivity contribution < 1.29 is 19.2 Å². The molecule has 1 spiro atoms. The minimum absolute atomic E-state index is 0.0918. The smallest absolute Gasteiger partial charge is 0.276 e. The summed E-state index contributed by atoms with van der Waals surface area (Å²) >= 11 is 0. The highest BCUT2D eigenvalue weighted by Gasteiger charge is 2.56. The van der Waals surface area contributed by atoms with Gasteiger partial charge in [0.1, 0.15) is 5.76 Å². The first-order valence-corrected chi connectivity index (χ1v) is 8.84. The first kappa shape index (κ1) is 17.4. The second-order valence-electron chi connectivity index (χ2n) is 8.05. The highest BCUT2D eigenvalue weighted by atomic mass is 16.5. The molecule has 24 heavy (non-hydrogen) atoms. The van der Waals surface area contributed by atoms with Crippen molar-refractivity contribution >= 4 is 5.91 Å². The molecular weight excluding hydrogens is 308 g/mol. The Morgan fingerprint density at radius 1 is 1.46 bits per heavy atom. The zero-order valence-corrected chi connectivity index (χ0v) is 15.0. The molecule has 6 nitrogen and oxygen atoms in total. The molecule has 2 heterocycles. The van der Waals surface area contributed by atoms with Gasteiger partial charge in [0.2, 0.25) is 0 Å². The molecule has 2 atom stereocenters. The largest absolute Gasteiger partial charge is 0.392 e. The number of ether oxygens (including phenoxy) is 1. The molecule has 134 valence electrons. The van der Waals surface area contributed by atoms with Gasteiger partial charge in [-0.25, -0.2) is 0 Å². The van der Waals surface area contributed by atoms with Gasteiger partial charge < -0.3 is 19.3 Å². The average Bonchev–Trinajstić information content (AvgIpc) is 3.04. The Labute approximate surface area is 143 Å². The van der Waals surface area contributed by atoms with Crippen LogP contribution in [-0.4, -0.2) is 53.0 Å². The molecule has 1 saturated heterocycles. The summed E-state index contributed by atoms with van der Waals surface area (Å²) in [4.78, 5) is 14.5. The zero-order chi connectivity index (χ0) is 17.5. The van der Waals surface area contributed by atoms with Gasteiger partial charge in [0, 0.05) is 43.0 Å². The molecule has 0 bridgehead atoms. The number of amides is 1. The molecule has 0 radical (unpaired) electrons. The number of carbonyl (C=O) groups excluding carboxylic acids is 1. The quantitative estimate of drug-likeness (QED) is 0.917. The van der Waals surface area contributed by atoms with E-state index in [0.717, 1.165) is 12.8 Å². The minimum Gasteiger partial charge on any atom is -0.392 e. The maximum Gasteiger partial charge on any atom is 0.276 e. The van der Waals surface area contributed by atoms with Crippen LogP contribution in [0.1, 0.15) is 63.2 Å². The molecule has 6 heteroatoms. The van der Waals surface area contributed by atoms with Crippen LogP contribution in [0.4, 0.5) is 0 Å². The molecule has 1 aromatic rings. The number of hydrogen-bond donors (Lipinski definition) is 1. The maximum absolute atomic E-state index is 12.7. The van der Waals surface area contributed by atoms with Crippen molar-refractivity contribution in [2.75, 3.05) is 19.7 Å². The summed E-state index contributed by atoms with van der Waals surface area (Å²) in [6, 6.07) is 1.74. The van der Waals surface area contributed by atoms with E-state index in [4.69, 9.17) is 9.26 Å². The summed E-state index contributed by atoms with van der Waals surface area (Å²) in [7, 11) is 0. The molecule has 2 aliphatic rings. The van der Waals surface area contributed by atoms with E-state index < -0.39 is 0 Å². The minimum atomic E-state index is -0.314. The third-order valence-corrected chi connectivity index (χ3v) is 5.56. The lowest BCUT2D eigenvalue weighted by Gasteiger charge is -2.56. The van der Waals surface area contributed by atoms with Crippen LogP contribution in [0.3, 0.4) is 0 Å². The maximum atomic E-state index is 12.7. The zero-order valence-electron chi connectivity index (χ0n) is 15.0. The van der Waals surface area contributed by atoms with Crippen LogP contribution >= 0.6 is 0 Å². The predicted molar refractivity (Wildman–Crippen MR) is 88.8 cm³/mol. The lowest BCUT2D eigenvalue weighted by molar-refractivity contribution is -0.207. The number of likely N-dealkylation sites (tertiary alicyclic amines) is 1. The Balaban J connectivity index is 1.64. The van der Waals surface area contributed by atoms with Crippen LogP contribution in [-0.2, 0) is 10.2 Å². The number of piperidine rings is 1. The van der Waals surface area contributed by atoms with Crippen molar-refractivity contribution in [3.63, 3.8) is 0 Å². The fourth-order valence-corrected chi connectivity index (χ4v) is 3.83. The Kier molecular flexibility index (Phi) is 4.47. The molecule has 3 rings (SSSR count). The number of rotatable bonds is 3. The summed E-state index contributed by atoms with van der Waals surface area (Å²) in [6.45, 7) is 9.97. The summed E-state index contributed by atoms with van der Waals surface area (Å²) in [5.41, 5.74) is 0.0252. The summed E-state index contributed by atoms with van der Waals surface area (Å²) in [6.07, 6.45) is 2.06. The van der Waals surface area contributed by atoms with Crippen molar-refractivity contribution in [3.8, 4) is 0 Å². The van der Waals surface area contributed by atoms with E-state index >= 15 is 0 Å². The van der Waals surface area contributed by atoms with Crippen LogP contribution in [0.5, 0.6) is 0 Å². The molecule has 1 saturated carbocycles. The number of aromatic nitrogens is 1. The van der Waals surface area contributed by atoms with E-state index in [1.54, 1.807) is 6.07 Å². The fourth-order valence-electron chi connectivity index (χ4n) is 3.83. The fraction of sp³-hybridized carbons (Fsp3) is 0.778. The first-order valence-electron chi connectivity index (χ1n) is 8.84. The van der Waals surface area contributed by atoms with Crippen molar-refractivity contribution in [1.82, 2.24) is 10.1 Å². The van der Waals surface area contributed by atoms with E-state index in [1.165, 1.54) is 0 Å². The standard InChI is InChI=1S/C18H28N2O4/c1-5-23-15-11-13(21)18(15)6-8-20(9-7-18)16(22)12-10-14(24-19-12)17(2,3)4/h10,13,15,21H,5-9,11H2,1-4H3. The Morgan fingerprint density at radius 2 is 2.12 bits per heavy atom.